The first-order chi connectivity index (χ1) is 5.90. The van der Waals surface area contributed by atoms with Crippen LogP contribution in [0.4, 0.5) is 0 Å². The molecule has 0 bridgehead atoms. The van der Waals surface area contributed by atoms with Crippen LogP contribution in [0.2, 0.25) is 0 Å². The van der Waals surface area contributed by atoms with Gasteiger partial charge in [-0.1, -0.05) is 0 Å². The normalized spacial score (nSPS) is 10.4. The van der Waals surface area contributed by atoms with E-state index in [-0.39, 0.29) is 0 Å². The van der Waals surface area contributed by atoms with E-state index in [9.17, 15) is 0 Å². The summed E-state index contributed by atoms with van der Waals surface area (Å²) in [5, 5.41) is 2.66. The standard InChI is InChI=1S/C10H7Se2/c11-12-10-6-5-8-3-1-2-4-9(8)7-10/h1-7H. The Bertz CT molecular complexity index is 396. The minimum atomic E-state index is 0.490. The number of rotatable bonds is 1. The number of hydrogen-bond donors (Lipinski definition) is 0. The van der Waals surface area contributed by atoms with Gasteiger partial charge >= 0.3 is 85.0 Å². The van der Waals surface area contributed by atoms with Crippen LogP contribution in [0.5, 0.6) is 0 Å². The van der Waals surface area contributed by atoms with Crippen LogP contribution in [0.15, 0.2) is 42.5 Å². The molecule has 0 heterocycles. The summed E-state index contributed by atoms with van der Waals surface area (Å²) in [4.78, 5) is 0. The predicted molar refractivity (Wildman–Crippen MR) is 55.1 cm³/mol. The molecule has 0 atom stereocenters. The zero-order valence-corrected chi connectivity index (χ0v) is 9.78. The summed E-state index contributed by atoms with van der Waals surface area (Å²) in [6.07, 6.45) is 0. The minimum absolute atomic E-state index is 0.490. The third kappa shape index (κ3) is 1.57. The van der Waals surface area contributed by atoms with Gasteiger partial charge in [0.05, 0.1) is 0 Å². The Morgan fingerprint density at radius 3 is 2.42 bits per heavy atom. The molecule has 59 valence electrons. The van der Waals surface area contributed by atoms with Gasteiger partial charge in [0.2, 0.25) is 0 Å². The van der Waals surface area contributed by atoms with Crippen molar-refractivity contribution < 1.29 is 0 Å². The molecule has 0 aliphatic rings. The molecule has 0 amide bonds. The van der Waals surface area contributed by atoms with E-state index >= 15 is 0 Å². The first-order valence-electron chi connectivity index (χ1n) is 3.69. The Labute approximate surface area is 84.9 Å². The Morgan fingerprint density at radius 2 is 1.67 bits per heavy atom. The van der Waals surface area contributed by atoms with E-state index in [4.69, 9.17) is 0 Å². The van der Waals surface area contributed by atoms with Gasteiger partial charge in [0.15, 0.2) is 0 Å². The second-order valence-corrected chi connectivity index (χ2v) is 5.75. The first-order valence-corrected chi connectivity index (χ1v) is 8.88. The van der Waals surface area contributed by atoms with Crippen molar-refractivity contribution in [3.8, 4) is 0 Å². The van der Waals surface area contributed by atoms with E-state index < -0.39 is 0 Å². The maximum atomic E-state index is 3.09. The zero-order valence-electron chi connectivity index (χ0n) is 6.36. The topological polar surface area (TPSA) is 0 Å². The van der Waals surface area contributed by atoms with Crippen LogP contribution in [0.1, 0.15) is 0 Å². The molecule has 1 radical (unpaired) electrons. The van der Waals surface area contributed by atoms with E-state index in [1.165, 1.54) is 15.2 Å². The quantitative estimate of drug-likeness (QED) is 0.692. The Morgan fingerprint density at radius 1 is 0.917 bits per heavy atom. The SMILES string of the molecule is [Se][Se]c1ccc2ccccc2c1. The van der Waals surface area contributed by atoms with Crippen molar-refractivity contribution in [2.75, 3.05) is 0 Å². The number of benzene rings is 2. The second kappa shape index (κ2) is 3.64. The summed E-state index contributed by atoms with van der Waals surface area (Å²) in [5.41, 5.74) is 0. The second-order valence-electron chi connectivity index (χ2n) is 2.59. The summed E-state index contributed by atoms with van der Waals surface area (Å²) in [6, 6.07) is 15.1. The Hall–Kier alpha value is -0.261. The molecule has 0 N–H and O–H groups in total. The van der Waals surface area contributed by atoms with Gasteiger partial charge in [0.25, 0.3) is 0 Å². The van der Waals surface area contributed by atoms with Crippen LogP contribution in [-0.2, 0) is 0 Å². The third-order valence-electron chi connectivity index (χ3n) is 1.82. The van der Waals surface area contributed by atoms with E-state index in [1.54, 1.807) is 0 Å². The molecule has 0 aromatic heterocycles. The van der Waals surface area contributed by atoms with Crippen molar-refractivity contribution in [2.45, 2.75) is 0 Å². The third-order valence-corrected chi connectivity index (χ3v) is 4.85. The van der Waals surface area contributed by atoms with Gasteiger partial charge < -0.3 is 0 Å². The molecule has 0 unspecified atom stereocenters. The Balaban J connectivity index is 2.67. The summed E-state index contributed by atoms with van der Waals surface area (Å²) in [6.45, 7) is 0. The maximum absolute atomic E-state index is 3.09. The van der Waals surface area contributed by atoms with Gasteiger partial charge in [-0.05, 0) is 0 Å². The van der Waals surface area contributed by atoms with Gasteiger partial charge in [-0.2, -0.15) is 0 Å². The van der Waals surface area contributed by atoms with Crippen LogP contribution >= 0.6 is 0 Å². The summed E-state index contributed by atoms with van der Waals surface area (Å²) in [5.74, 6) is 0. The fourth-order valence-corrected chi connectivity index (χ4v) is 2.98. The molecule has 2 aromatic rings. The van der Waals surface area contributed by atoms with Gasteiger partial charge in [-0.15, -0.1) is 0 Å². The molecule has 12 heavy (non-hydrogen) atoms. The molecule has 2 rings (SSSR count). The van der Waals surface area contributed by atoms with Crippen LogP contribution in [0.25, 0.3) is 10.8 Å². The molecule has 2 heteroatoms. The van der Waals surface area contributed by atoms with E-state index in [2.05, 4.69) is 56.7 Å². The zero-order chi connectivity index (χ0) is 8.39. The molecule has 0 aliphatic heterocycles. The first kappa shape index (κ1) is 8.34. The van der Waals surface area contributed by atoms with Crippen molar-refractivity contribution in [1.29, 1.82) is 0 Å². The molecule has 0 saturated carbocycles. The van der Waals surface area contributed by atoms with Crippen LogP contribution < -0.4 is 4.46 Å². The number of fused-ring (bicyclic) bond motifs is 1. The van der Waals surface area contributed by atoms with Crippen molar-refractivity contribution in [1.82, 2.24) is 0 Å². The molecule has 0 aliphatic carbocycles. The summed E-state index contributed by atoms with van der Waals surface area (Å²) in [7, 11) is 0. The van der Waals surface area contributed by atoms with Gasteiger partial charge in [0, 0.05) is 0 Å². The molecule has 0 fully saturated rings. The summed E-state index contributed by atoms with van der Waals surface area (Å²) >= 11 is 3.58. The fourth-order valence-electron chi connectivity index (χ4n) is 1.22. The molecular weight excluding hydrogens is 278 g/mol. The van der Waals surface area contributed by atoms with Crippen molar-refractivity contribution in [3.05, 3.63) is 42.5 Å². The average molecular weight is 285 g/mol. The number of hydrogen-bond acceptors (Lipinski definition) is 0. The molecular formula is C10H7Se2. The molecule has 0 saturated heterocycles. The van der Waals surface area contributed by atoms with Crippen molar-refractivity contribution >= 4 is 42.6 Å². The van der Waals surface area contributed by atoms with E-state index in [1.807, 2.05) is 0 Å². The van der Waals surface area contributed by atoms with Crippen molar-refractivity contribution in [2.24, 2.45) is 0 Å². The molecule has 0 spiro atoms. The van der Waals surface area contributed by atoms with Crippen LogP contribution in [-0.4, -0.2) is 27.3 Å². The summed E-state index contributed by atoms with van der Waals surface area (Å²) < 4.78 is 1.42. The monoisotopic (exact) mass is 287 g/mol. The van der Waals surface area contributed by atoms with E-state index in [0.29, 0.717) is 13.1 Å². The Kier molecular flexibility index (Phi) is 2.53. The van der Waals surface area contributed by atoms with Gasteiger partial charge in [0.1, 0.15) is 0 Å². The predicted octanol–water partition coefficient (Wildman–Crippen LogP) is 1.25. The molecule has 0 nitrogen and oxygen atoms in total. The van der Waals surface area contributed by atoms with Gasteiger partial charge in [-0.3, -0.25) is 0 Å². The van der Waals surface area contributed by atoms with E-state index in [0.717, 1.165) is 0 Å². The van der Waals surface area contributed by atoms with Gasteiger partial charge in [-0.25, -0.2) is 0 Å². The fraction of sp³-hybridized carbons (Fsp3) is 0. The molecule has 2 aromatic carbocycles. The van der Waals surface area contributed by atoms with Crippen LogP contribution in [0.3, 0.4) is 0 Å². The van der Waals surface area contributed by atoms with Crippen molar-refractivity contribution in [3.63, 3.8) is 0 Å². The average Bonchev–Trinajstić information content (AvgIpc) is 2.17. The van der Waals surface area contributed by atoms with Crippen LogP contribution in [0, 0.1) is 0 Å².